The number of aryl methyl sites for hydroxylation is 1. The van der Waals surface area contributed by atoms with Crippen molar-refractivity contribution in [3.63, 3.8) is 0 Å². The number of sulfonamides is 1. The van der Waals surface area contributed by atoms with E-state index in [1.165, 1.54) is 7.11 Å². The minimum atomic E-state index is -3.73. The highest BCUT2D eigenvalue weighted by molar-refractivity contribution is 7.89. The lowest BCUT2D eigenvalue weighted by atomic mass is 10.00. The standard InChI is InChI=1S/C21H24N2O5S/c1-27-18-6-4-3-5-17(18)19(28-2)13-22-29(25,26)16-11-14-7-8-20(24)23-10-9-15(12-16)21(14)23/h3-6,11-12,19,22H,7-10,13H2,1-2H3. The van der Waals surface area contributed by atoms with Crippen LogP contribution in [0, 0.1) is 0 Å². The van der Waals surface area contributed by atoms with Crippen LogP contribution in [0.25, 0.3) is 0 Å². The number of hydrogen-bond donors (Lipinski definition) is 1. The Morgan fingerprint density at radius 3 is 2.55 bits per heavy atom. The number of rotatable bonds is 7. The molecule has 0 spiro atoms. The van der Waals surface area contributed by atoms with Gasteiger partial charge < -0.3 is 14.4 Å². The number of hydrogen-bond acceptors (Lipinski definition) is 5. The normalized spacial score (nSPS) is 16.6. The van der Waals surface area contributed by atoms with Gasteiger partial charge in [-0.05, 0) is 42.2 Å². The van der Waals surface area contributed by atoms with E-state index in [2.05, 4.69) is 4.72 Å². The predicted octanol–water partition coefficient (Wildman–Crippen LogP) is 2.20. The molecule has 0 saturated heterocycles. The molecule has 0 radical (unpaired) electrons. The molecule has 154 valence electrons. The van der Waals surface area contributed by atoms with E-state index in [0.717, 1.165) is 22.4 Å². The number of amides is 1. The van der Waals surface area contributed by atoms with Crippen LogP contribution in [0.2, 0.25) is 0 Å². The maximum Gasteiger partial charge on any atom is 0.240 e. The first-order valence-electron chi connectivity index (χ1n) is 9.56. The van der Waals surface area contributed by atoms with E-state index in [0.29, 0.717) is 31.6 Å². The minimum Gasteiger partial charge on any atom is -0.496 e. The zero-order chi connectivity index (χ0) is 20.6. The van der Waals surface area contributed by atoms with Crippen molar-refractivity contribution in [3.05, 3.63) is 53.1 Å². The lowest BCUT2D eigenvalue weighted by Crippen LogP contribution is -2.33. The lowest BCUT2D eigenvalue weighted by Gasteiger charge is -2.26. The molecule has 2 heterocycles. The molecule has 0 saturated carbocycles. The van der Waals surface area contributed by atoms with E-state index in [1.807, 2.05) is 24.3 Å². The van der Waals surface area contributed by atoms with Gasteiger partial charge in [-0.3, -0.25) is 4.79 Å². The molecule has 2 aliphatic rings. The summed E-state index contributed by atoms with van der Waals surface area (Å²) in [6.45, 7) is 0.702. The van der Waals surface area contributed by atoms with Gasteiger partial charge in [0.2, 0.25) is 15.9 Å². The molecule has 2 aliphatic heterocycles. The number of carbonyl (C=O) groups excluding carboxylic acids is 1. The van der Waals surface area contributed by atoms with Crippen molar-refractivity contribution in [2.45, 2.75) is 30.3 Å². The third-order valence-corrected chi connectivity index (χ3v) is 6.97. The Morgan fingerprint density at radius 1 is 1.10 bits per heavy atom. The van der Waals surface area contributed by atoms with E-state index in [-0.39, 0.29) is 17.3 Å². The van der Waals surface area contributed by atoms with Crippen molar-refractivity contribution in [3.8, 4) is 5.75 Å². The largest absolute Gasteiger partial charge is 0.496 e. The molecule has 0 aromatic heterocycles. The Bertz CT molecular complexity index is 1050. The van der Waals surface area contributed by atoms with Crippen LogP contribution in [0.15, 0.2) is 41.3 Å². The van der Waals surface area contributed by atoms with E-state index >= 15 is 0 Å². The molecule has 0 bridgehead atoms. The summed E-state index contributed by atoms with van der Waals surface area (Å²) in [7, 11) is -0.621. The second-order valence-corrected chi connectivity index (χ2v) is 8.97. The smallest absolute Gasteiger partial charge is 0.240 e. The molecule has 1 unspecified atom stereocenters. The fraction of sp³-hybridized carbons (Fsp3) is 0.381. The van der Waals surface area contributed by atoms with Gasteiger partial charge in [0, 0.05) is 32.2 Å². The highest BCUT2D eigenvalue weighted by Crippen LogP contribution is 2.38. The Morgan fingerprint density at radius 2 is 1.83 bits per heavy atom. The number of nitrogens with one attached hydrogen (secondary N) is 1. The van der Waals surface area contributed by atoms with Crippen molar-refractivity contribution in [1.29, 1.82) is 0 Å². The first kappa shape index (κ1) is 19.9. The van der Waals surface area contributed by atoms with Gasteiger partial charge in [0.1, 0.15) is 5.75 Å². The zero-order valence-electron chi connectivity index (χ0n) is 16.5. The van der Waals surface area contributed by atoms with Gasteiger partial charge >= 0.3 is 0 Å². The highest BCUT2D eigenvalue weighted by Gasteiger charge is 2.33. The molecule has 1 atom stereocenters. The third-order valence-electron chi connectivity index (χ3n) is 5.56. The Labute approximate surface area is 170 Å². The van der Waals surface area contributed by atoms with Crippen LogP contribution >= 0.6 is 0 Å². The van der Waals surface area contributed by atoms with Crippen molar-refractivity contribution in [2.24, 2.45) is 0 Å². The van der Waals surface area contributed by atoms with E-state index in [1.54, 1.807) is 24.1 Å². The molecule has 8 heteroatoms. The van der Waals surface area contributed by atoms with Crippen molar-refractivity contribution < 1.29 is 22.7 Å². The summed E-state index contributed by atoms with van der Waals surface area (Å²) in [6, 6.07) is 10.8. The monoisotopic (exact) mass is 416 g/mol. The molecule has 7 nitrogen and oxygen atoms in total. The summed E-state index contributed by atoms with van der Waals surface area (Å²) in [4.78, 5) is 14.1. The molecule has 1 N–H and O–H groups in total. The number of nitrogens with zero attached hydrogens (tertiary/aromatic N) is 1. The number of benzene rings is 2. The fourth-order valence-corrected chi connectivity index (χ4v) is 5.23. The third kappa shape index (κ3) is 3.63. The number of para-hydroxylation sites is 1. The van der Waals surface area contributed by atoms with Crippen molar-refractivity contribution in [1.82, 2.24) is 4.72 Å². The number of ether oxygens (including phenoxy) is 2. The Hall–Kier alpha value is -2.42. The van der Waals surface area contributed by atoms with Crippen LogP contribution < -0.4 is 14.4 Å². The maximum atomic E-state index is 13.0. The van der Waals surface area contributed by atoms with Crippen molar-refractivity contribution >= 4 is 21.6 Å². The van der Waals surface area contributed by atoms with E-state index in [9.17, 15) is 13.2 Å². The fourth-order valence-electron chi connectivity index (χ4n) is 4.10. The second-order valence-electron chi connectivity index (χ2n) is 7.20. The average molecular weight is 416 g/mol. The van der Waals surface area contributed by atoms with Gasteiger partial charge in [-0.1, -0.05) is 18.2 Å². The van der Waals surface area contributed by atoms with Gasteiger partial charge in [0.05, 0.1) is 23.8 Å². The second kappa shape index (κ2) is 7.78. The zero-order valence-corrected chi connectivity index (χ0v) is 17.3. The van der Waals surface area contributed by atoms with E-state index in [4.69, 9.17) is 9.47 Å². The van der Waals surface area contributed by atoms with Crippen LogP contribution in [-0.4, -0.2) is 41.6 Å². The van der Waals surface area contributed by atoms with Crippen LogP contribution in [0.5, 0.6) is 5.75 Å². The minimum absolute atomic E-state index is 0.0796. The van der Waals surface area contributed by atoms with Crippen molar-refractivity contribution in [2.75, 3.05) is 32.2 Å². The van der Waals surface area contributed by atoms with Gasteiger partial charge in [-0.25, -0.2) is 13.1 Å². The maximum absolute atomic E-state index is 13.0. The van der Waals surface area contributed by atoms with Crippen LogP contribution in [0.4, 0.5) is 5.69 Å². The molecule has 4 rings (SSSR count). The molecule has 2 aromatic rings. The van der Waals surface area contributed by atoms with Crippen LogP contribution in [0.3, 0.4) is 0 Å². The summed E-state index contributed by atoms with van der Waals surface area (Å²) in [5, 5.41) is 0. The predicted molar refractivity (Wildman–Crippen MR) is 109 cm³/mol. The first-order chi connectivity index (χ1) is 13.9. The van der Waals surface area contributed by atoms with Crippen LogP contribution in [-0.2, 0) is 32.4 Å². The van der Waals surface area contributed by atoms with E-state index < -0.39 is 16.1 Å². The topological polar surface area (TPSA) is 84.9 Å². The molecular formula is C21H24N2O5S. The summed E-state index contributed by atoms with van der Waals surface area (Å²) < 4.78 is 39.5. The summed E-state index contributed by atoms with van der Waals surface area (Å²) in [5.41, 5.74) is 3.53. The molecule has 29 heavy (non-hydrogen) atoms. The molecule has 1 amide bonds. The Kier molecular flexibility index (Phi) is 5.33. The SMILES string of the molecule is COc1ccccc1C(CNS(=O)(=O)c1cc2c3c(c1)CCN3C(=O)CC2)OC. The van der Waals surface area contributed by atoms with Gasteiger partial charge in [-0.2, -0.15) is 0 Å². The average Bonchev–Trinajstić information content (AvgIpc) is 3.17. The Balaban J connectivity index is 1.58. The summed E-state index contributed by atoms with van der Waals surface area (Å²) >= 11 is 0. The first-order valence-corrected chi connectivity index (χ1v) is 11.0. The van der Waals surface area contributed by atoms with Gasteiger partial charge in [-0.15, -0.1) is 0 Å². The molecule has 0 aliphatic carbocycles. The van der Waals surface area contributed by atoms with Gasteiger partial charge in [0.15, 0.2) is 0 Å². The molecular weight excluding hydrogens is 392 g/mol. The van der Waals surface area contributed by atoms with Gasteiger partial charge in [0.25, 0.3) is 0 Å². The molecule has 2 aromatic carbocycles. The quantitative estimate of drug-likeness (QED) is 0.748. The summed E-state index contributed by atoms with van der Waals surface area (Å²) in [6.07, 6.45) is 1.19. The highest BCUT2D eigenvalue weighted by atomic mass is 32.2. The number of methoxy groups -OCH3 is 2. The number of carbonyl (C=O) groups is 1. The molecule has 0 fully saturated rings. The van der Waals surface area contributed by atoms with Crippen LogP contribution in [0.1, 0.15) is 29.2 Å². The number of anilines is 1. The lowest BCUT2D eigenvalue weighted by molar-refractivity contribution is -0.118. The summed E-state index contributed by atoms with van der Waals surface area (Å²) in [5.74, 6) is 0.759.